The van der Waals surface area contributed by atoms with Crippen LogP contribution in [0.15, 0.2) is 0 Å². The molecule has 1 heterocycles. The van der Waals surface area contributed by atoms with Crippen LogP contribution in [-0.4, -0.2) is 23.2 Å². The lowest BCUT2D eigenvalue weighted by molar-refractivity contribution is 0.0529. The summed E-state index contributed by atoms with van der Waals surface area (Å²) in [4.78, 5) is 16.9. The second-order valence-corrected chi connectivity index (χ2v) is 6.34. The zero-order valence-electron chi connectivity index (χ0n) is 12.1. The van der Waals surface area contributed by atoms with Crippen LogP contribution >= 0.6 is 11.3 Å². The Morgan fingerprint density at radius 1 is 1.42 bits per heavy atom. The van der Waals surface area contributed by atoms with Gasteiger partial charge in [-0.15, -0.1) is 11.3 Å². The molecule has 0 aliphatic heterocycles. The number of amides is 1. The van der Waals surface area contributed by atoms with Gasteiger partial charge in [-0.05, 0) is 40.5 Å². The molecule has 1 rings (SSSR count). The molecule has 4 nitrogen and oxygen atoms in total. The number of nitrogens with zero attached hydrogens (tertiary/aromatic N) is 1. The molecule has 1 amide bonds. The predicted molar refractivity (Wildman–Crippen MR) is 77.3 cm³/mol. The van der Waals surface area contributed by atoms with Crippen molar-refractivity contribution in [2.24, 2.45) is 0 Å². The van der Waals surface area contributed by atoms with Crippen LogP contribution in [0.4, 0.5) is 4.79 Å². The lowest BCUT2D eigenvalue weighted by atomic mass is 10.2. The van der Waals surface area contributed by atoms with Crippen molar-refractivity contribution in [1.29, 1.82) is 0 Å². The number of ether oxygens (including phenoxy) is 1. The molecule has 0 saturated carbocycles. The van der Waals surface area contributed by atoms with E-state index >= 15 is 0 Å². The van der Waals surface area contributed by atoms with Crippen molar-refractivity contribution in [1.82, 2.24) is 10.3 Å². The Kier molecular flexibility index (Phi) is 5.37. The maximum atomic E-state index is 11.3. The number of carbonyl (C=O) groups is 1. The topological polar surface area (TPSA) is 51.2 Å². The van der Waals surface area contributed by atoms with Crippen LogP contribution < -0.4 is 5.32 Å². The molecule has 1 aromatic rings. The Balaban J connectivity index is 2.30. The minimum Gasteiger partial charge on any atom is -0.444 e. The molecule has 0 fully saturated rings. The standard InChI is InChI=1S/C14H20N2O2S/c1-10-11(2)19-12(16-10)8-6-7-9-15-13(17)18-14(3,4)5/h7,9H2,1-5H3,(H,15,17). The highest BCUT2D eigenvalue weighted by Crippen LogP contribution is 2.14. The highest BCUT2D eigenvalue weighted by molar-refractivity contribution is 7.12. The molecule has 19 heavy (non-hydrogen) atoms. The van der Waals surface area contributed by atoms with Crippen LogP contribution in [0.2, 0.25) is 0 Å². The van der Waals surface area contributed by atoms with Gasteiger partial charge < -0.3 is 10.1 Å². The number of thiazole rings is 1. The van der Waals surface area contributed by atoms with Crippen molar-refractivity contribution in [2.75, 3.05) is 6.54 Å². The van der Waals surface area contributed by atoms with E-state index in [1.165, 1.54) is 4.88 Å². The van der Waals surface area contributed by atoms with E-state index in [-0.39, 0.29) is 0 Å². The van der Waals surface area contributed by atoms with Crippen LogP contribution in [0, 0.1) is 25.7 Å². The Morgan fingerprint density at radius 2 is 2.11 bits per heavy atom. The van der Waals surface area contributed by atoms with Crippen LogP contribution in [0.1, 0.15) is 42.8 Å². The molecule has 5 heteroatoms. The van der Waals surface area contributed by atoms with Gasteiger partial charge in [-0.2, -0.15) is 0 Å². The van der Waals surface area contributed by atoms with E-state index in [4.69, 9.17) is 4.74 Å². The minimum absolute atomic E-state index is 0.407. The summed E-state index contributed by atoms with van der Waals surface area (Å²) < 4.78 is 5.11. The zero-order valence-corrected chi connectivity index (χ0v) is 12.9. The number of carbonyl (C=O) groups excluding carboxylic acids is 1. The fourth-order valence-corrected chi connectivity index (χ4v) is 1.99. The largest absolute Gasteiger partial charge is 0.444 e. The quantitative estimate of drug-likeness (QED) is 0.669. The summed E-state index contributed by atoms with van der Waals surface area (Å²) in [6, 6.07) is 0. The number of hydrogen-bond acceptors (Lipinski definition) is 4. The van der Waals surface area contributed by atoms with Crippen molar-refractivity contribution in [2.45, 2.75) is 46.6 Å². The fraction of sp³-hybridized carbons (Fsp3) is 0.571. The summed E-state index contributed by atoms with van der Waals surface area (Å²) in [5.74, 6) is 5.98. The van der Waals surface area contributed by atoms with Crippen LogP contribution in [-0.2, 0) is 4.74 Å². The number of aromatic nitrogens is 1. The first kappa shape index (κ1) is 15.5. The Morgan fingerprint density at radius 3 is 2.63 bits per heavy atom. The summed E-state index contributed by atoms with van der Waals surface area (Å²) >= 11 is 1.59. The van der Waals surface area contributed by atoms with Crippen LogP contribution in [0.25, 0.3) is 0 Å². The molecule has 0 radical (unpaired) electrons. The monoisotopic (exact) mass is 280 g/mol. The lowest BCUT2D eigenvalue weighted by Crippen LogP contribution is -2.32. The number of hydrogen-bond donors (Lipinski definition) is 1. The summed E-state index contributed by atoms with van der Waals surface area (Å²) in [5, 5.41) is 3.49. The Hall–Kier alpha value is -1.54. The van der Waals surface area contributed by atoms with Gasteiger partial charge in [0.1, 0.15) is 5.60 Å². The normalized spacial score (nSPS) is 10.6. The van der Waals surface area contributed by atoms with E-state index in [0.717, 1.165) is 10.7 Å². The van der Waals surface area contributed by atoms with E-state index in [1.807, 2.05) is 34.6 Å². The summed E-state index contributed by atoms with van der Waals surface area (Å²) in [6.45, 7) is 9.98. The Bertz CT molecular complexity index is 484. The second kappa shape index (κ2) is 6.58. The second-order valence-electron chi connectivity index (χ2n) is 5.14. The molecular formula is C14H20N2O2S. The maximum absolute atomic E-state index is 11.3. The average molecular weight is 280 g/mol. The smallest absolute Gasteiger partial charge is 0.407 e. The van der Waals surface area contributed by atoms with Gasteiger partial charge in [0, 0.05) is 17.8 Å². The molecule has 1 N–H and O–H groups in total. The van der Waals surface area contributed by atoms with Crippen molar-refractivity contribution in [3.63, 3.8) is 0 Å². The van der Waals surface area contributed by atoms with Crippen molar-refractivity contribution >= 4 is 17.4 Å². The van der Waals surface area contributed by atoms with E-state index in [9.17, 15) is 4.79 Å². The van der Waals surface area contributed by atoms with E-state index in [0.29, 0.717) is 13.0 Å². The van der Waals surface area contributed by atoms with E-state index in [2.05, 4.69) is 22.1 Å². The van der Waals surface area contributed by atoms with Crippen LogP contribution in [0.5, 0.6) is 0 Å². The number of rotatable bonds is 2. The van der Waals surface area contributed by atoms with Gasteiger partial charge in [0.25, 0.3) is 0 Å². The molecule has 1 aromatic heterocycles. The average Bonchev–Trinajstić information content (AvgIpc) is 2.55. The van der Waals surface area contributed by atoms with E-state index in [1.54, 1.807) is 11.3 Å². The molecule has 0 unspecified atom stereocenters. The van der Waals surface area contributed by atoms with Gasteiger partial charge in [-0.25, -0.2) is 9.78 Å². The zero-order chi connectivity index (χ0) is 14.5. The highest BCUT2D eigenvalue weighted by atomic mass is 32.1. The number of nitrogens with one attached hydrogen (secondary N) is 1. The summed E-state index contributed by atoms with van der Waals surface area (Å²) in [6.07, 6.45) is 0.173. The van der Waals surface area contributed by atoms with Gasteiger partial charge in [0.15, 0.2) is 5.01 Å². The van der Waals surface area contributed by atoms with Crippen LogP contribution in [0.3, 0.4) is 0 Å². The maximum Gasteiger partial charge on any atom is 0.407 e. The van der Waals surface area contributed by atoms with Gasteiger partial charge in [0.05, 0.1) is 5.69 Å². The molecule has 104 valence electrons. The third-order valence-corrected chi connectivity index (χ3v) is 3.13. The third-order valence-electron chi connectivity index (χ3n) is 2.14. The fourth-order valence-electron chi connectivity index (χ4n) is 1.21. The first-order valence-electron chi connectivity index (χ1n) is 6.17. The Labute approximate surface area is 118 Å². The SMILES string of the molecule is Cc1nc(C#CCCNC(=O)OC(C)(C)C)sc1C. The molecule has 0 bridgehead atoms. The first-order chi connectivity index (χ1) is 8.78. The van der Waals surface area contributed by atoms with Crippen molar-refractivity contribution in [3.8, 4) is 11.8 Å². The van der Waals surface area contributed by atoms with E-state index < -0.39 is 11.7 Å². The number of alkyl carbamates (subject to hydrolysis) is 1. The molecule has 0 atom stereocenters. The van der Waals surface area contributed by atoms with Gasteiger partial charge in [0.2, 0.25) is 0 Å². The molecule has 0 saturated heterocycles. The van der Waals surface area contributed by atoms with Gasteiger partial charge in [-0.1, -0.05) is 5.92 Å². The highest BCUT2D eigenvalue weighted by Gasteiger charge is 2.15. The van der Waals surface area contributed by atoms with Crippen molar-refractivity contribution < 1.29 is 9.53 Å². The lowest BCUT2D eigenvalue weighted by Gasteiger charge is -2.19. The molecule has 0 aromatic carbocycles. The summed E-state index contributed by atoms with van der Waals surface area (Å²) in [5.41, 5.74) is 0.562. The molecule has 0 aliphatic carbocycles. The first-order valence-corrected chi connectivity index (χ1v) is 6.99. The third kappa shape index (κ3) is 6.25. The van der Waals surface area contributed by atoms with Gasteiger partial charge >= 0.3 is 6.09 Å². The van der Waals surface area contributed by atoms with Crippen molar-refractivity contribution in [3.05, 3.63) is 15.6 Å². The summed E-state index contributed by atoms with van der Waals surface area (Å²) in [7, 11) is 0. The molecular weight excluding hydrogens is 260 g/mol. The van der Waals surface area contributed by atoms with Gasteiger partial charge in [-0.3, -0.25) is 0 Å². The number of aryl methyl sites for hydroxylation is 2. The molecule has 0 spiro atoms. The molecule has 0 aliphatic rings. The minimum atomic E-state index is -0.467. The predicted octanol–water partition coefficient (Wildman–Crippen LogP) is 3.03.